The molecule has 4 nitrogen and oxygen atoms in total. The Bertz CT molecular complexity index is 430. The van der Waals surface area contributed by atoms with Gasteiger partial charge in [-0.3, -0.25) is 4.79 Å². The van der Waals surface area contributed by atoms with E-state index < -0.39 is 5.91 Å². The van der Waals surface area contributed by atoms with E-state index in [-0.39, 0.29) is 0 Å². The van der Waals surface area contributed by atoms with E-state index in [0.717, 1.165) is 24.6 Å². The largest absolute Gasteiger partial charge is 0.399 e. The number of nitrogens with one attached hydrogen (secondary N) is 1. The number of carbonyl (C=O) groups excluding carboxylic acids is 1. The second-order valence-corrected chi connectivity index (χ2v) is 5.69. The number of nitrogen functional groups attached to an aromatic ring is 1. The molecule has 112 valence electrons. The molecule has 0 radical (unpaired) electrons. The summed E-state index contributed by atoms with van der Waals surface area (Å²) in [5.41, 5.74) is 12.8. The summed E-state index contributed by atoms with van der Waals surface area (Å²) in [6.45, 7) is 5.37. The van der Waals surface area contributed by atoms with Crippen molar-refractivity contribution in [2.45, 2.75) is 46.0 Å². The standard InChI is InChI=1S/C16H27N3O/c1-12(2)7-5-3-4-6-10-19-15-9-8-13(17)11-14(15)16(18)20/h8-9,11-12,19H,3-7,10,17H2,1-2H3,(H2,18,20). The summed E-state index contributed by atoms with van der Waals surface area (Å²) in [7, 11) is 0. The number of carbonyl (C=O) groups is 1. The summed E-state index contributed by atoms with van der Waals surface area (Å²) in [5.74, 6) is 0.345. The number of hydrogen-bond donors (Lipinski definition) is 3. The van der Waals surface area contributed by atoms with Gasteiger partial charge < -0.3 is 16.8 Å². The lowest BCUT2D eigenvalue weighted by atomic mass is 10.0. The van der Waals surface area contributed by atoms with Crippen LogP contribution in [0, 0.1) is 5.92 Å². The average Bonchev–Trinajstić information content (AvgIpc) is 2.38. The Kier molecular flexibility index (Phi) is 6.91. The number of hydrogen-bond acceptors (Lipinski definition) is 3. The Hall–Kier alpha value is -1.71. The monoisotopic (exact) mass is 277 g/mol. The second-order valence-electron chi connectivity index (χ2n) is 5.69. The number of primary amides is 1. The molecule has 0 unspecified atom stereocenters. The van der Waals surface area contributed by atoms with Crippen LogP contribution in [0.15, 0.2) is 18.2 Å². The summed E-state index contributed by atoms with van der Waals surface area (Å²) in [5, 5.41) is 3.27. The average molecular weight is 277 g/mol. The molecule has 1 aromatic rings. The van der Waals surface area contributed by atoms with E-state index in [2.05, 4.69) is 19.2 Å². The number of nitrogens with two attached hydrogens (primary N) is 2. The molecule has 0 bridgehead atoms. The van der Waals surface area contributed by atoms with Crippen molar-refractivity contribution in [3.05, 3.63) is 23.8 Å². The zero-order valence-electron chi connectivity index (χ0n) is 12.6. The van der Waals surface area contributed by atoms with Gasteiger partial charge in [0.2, 0.25) is 0 Å². The van der Waals surface area contributed by atoms with Crippen LogP contribution in [0.2, 0.25) is 0 Å². The first-order valence-corrected chi connectivity index (χ1v) is 7.44. The van der Waals surface area contributed by atoms with Crippen LogP contribution in [0.25, 0.3) is 0 Å². The zero-order chi connectivity index (χ0) is 15.0. The van der Waals surface area contributed by atoms with Gasteiger partial charge >= 0.3 is 0 Å². The van der Waals surface area contributed by atoms with Crippen molar-refractivity contribution in [3.8, 4) is 0 Å². The molecule has 0 spiro atoms. The predicted octanol–water partition coefficient (Wildman–Crippen LogP) is 3.39. The third kappa shape index (κ3) is 5.95. The smallest absolute Gasteiger partial charge is 0.250 e. The molecule has 4 heteroatoms. The van der Waals surface area contributed by atoms with Crippen LogP contribution in [-0.2, 0) is 0 Å². The molecule has 0 heterocycles. The zero-order valence-corrected chi connectivity index (χ0v) is 12.6. The van der Waals surface area contributed by atoms with Crippen LogP contribution in [0.1, 0.15) is 56.3 Å². The fourth-order valence-electron chi connectivity index (χ4n) is 2.17. The van der Waals surface area contributed by atoms with Gasteiger partial charge in [-0.2, -0.15) is 0 Å². The van der Waals surface area contributed by atoms with Gasteiger partial charge in [-0.25, -0.2) is 0 Å². The lowest BCUT2D eigenvalue weighted by Gasteiger charge is -2.11. The fourth-order valence-corrected chi connectivity index (χ4v) is 2.17. The van der Waals surface area contributed by atoms with Crippen LogP contribution in [0.3, 0.4) is 0 Å². The van der Waals surface area contributed by atoms with Crippen molar-refractivity contribution in [3.63, 3.8) is 0 Å². The van der Waals surface area contributed by atoms with Gasteiger partial charge in [-0.15, -0.1) is 0 Å². The highest BCUT2D eigenvalue weighted by molar-refractivity contribution is 5.99. The molecule has 1 aromatic carbocycles. The molecule has 0 aromatic heterocycles. The molecular weight excluding hydrogens is 250 g/mol. The minimum atomic E-state index is -0.447. The lowest BCUT2D eigenvalue weighted by molar-refractivity contribution is 0.100. The van der Waals surface area contributed by atoms with Gasteiger partial charge in [0.15, 0.2) is 0 Å². The van der Waals surface area contributed by atoms with E-state index in [9.17, 15) is 4.79 Å². The third-order valence-corrected chi connectivity index (χ3v) is 3.33. The number of unbranched alkanes of at least 4 members (excludes halogenated alkanes) is 3. The SMILES string of the molecule is CC(C)CCCCCCNc1ccc(N)cc1C(N)=O. The third-order valence-electron chi connectivity index (χ3n) is 3.33. The maximum Gasteiger partial charge on any atom is 0.250 e. The molecular formula is C16H27N3O. The number of rotatable bonds is 9. The number of benzene rings is 1. The van der Waals surface area contributed by atoms with Crippen molar-refractivity contribution >= 4 is 17.3 Å². The predicted molar refractivity (Wildman–Crippen MR) is 85.8 cm³/mol. The lowest BCUT2D eigenvalue weighted by Crippen LogP contribution is -2.15. The van der Waals surface area contributed by atoms with Crippen LogP contribution < -0.4 is 16.8 Å². The summed E-state index contributed by atoms with van der Waals surface area (Å²) in [6.07, 6.45) is 6.18. The van der Waals surface area contributed by atoms with E-state index in [1.165, 1.54) is 25.7 Å². The topological polar surface area (TPSA) is 81.1 Å². The maximum absolute atomic E-state index is 11.3. The minimum Gasteiger partial charge on any atom is -0.399 e. The Morgan fingerprint density at radius 1 is 1.20 bits per heavy atom. The molecule has 0 aliphatic heterocycles. The van der Waals surface area contributed by atoms with Gasteiger partial charge in [-0.05, 0) is 30.5 Å². The molecule has 20 heavy (non-hydrogen) atoms. The number of amides is 1. The Labute approximate surface area is 121 Å². The van der Waals surface area contributed by atoms with Crippen molar-refractivity contribution < 1.29 is 4.79 Å². The molecule has 5 N–H and O–H groups in total. The Morgan fingerprint density at radius 2 is 1.90 bits per heavy atom. The van der Waals surface area contributed by atoms with Gasteiger partial charge in [0.25, 0.3) is 5.91 Å². The first kappa shape index (κ1) is 16.3. The highest BCUT2D eigenvalue weighted by atomic mass is 16.1. The first-order chi connectivity index (χ1) is 9.50. The fraction of sp³-hybridized carbons (Fsp3) is 0.562. The van der Waals surface area contributed by atoms with E-state index in [1.54, 1.807) is 12.1 Å². The highest BCUT2D eigenvalue weighted by Crippen LogP contribution is 2.18. The van der Waals surface area contributed by atoms with Crippen molar-refractivity contribution in [2.75, 3.05) is 17.6 Å². The summed E-state index contributed by atoms with van der Waals surface area (Å²) < 4.78 is 0. The summed E-state index contributed by atoms with van der Waals surface area (Å²) in [6, 6.07) is 5.21. The molecule has 0 fully saturated rings. The van der Waals surface area contributed by atoms with Gasteiger partial charge in [0, 0.05) is 17.9 Å². The number of anilines is 2. The summed E-state index contributed by atoms with van der Waals surface area (Å²) in [4.78, 5) is 11.3. The van der Waals surface area contributed by atoms with E-state index in [1.807, 2.05) is 6.07 Å². The van der Waals surface area contributed by atoms with Gasteiger partial charge in [0.1, 0.15) is 0 Å². The highest BCUT2D eigenvalue weighted by Gasteiger charge is 2.07. The molecule has 0 saturated heterocycles. The van der Waals surface area contributed by atoms with E-state index >= 15 is 0 Å². The van der Waals surface area contributed by atoms with E-state index in [4.69, 9.17) is 11.5 Å². The Balaban J connectivity index is 2.30. The van der Waals surface area contributed by atoms with Crippen molar-refractivity contribution in [1.82, 2.24) is 0 Å². The second kappa shape index (κ2) is 8.46. The van der Waals surface area contributed by atoms with Crippen LogP contribution >= 0.6 is 0 Å². The van der Waals surface area contributed by atoms with E-state index in [0.29, 0.717) is 11.3 Å². The summed E-state index contributed by atoms with van der Waals surface area (Å²) >= 11 is 0. The normalized spacial score (nSPS) is 10.8. The molecule has 0 atom stereocenters. The molecule has 1 rings (SSSR count). The van der Waals surface area contributed by atoms with Gasteiger partial charge in [-0.1, -0.05) is 39.5 Å². The quantitative estimate of drug-likeness (QED) is 0.478. The molecule has 1 amide bonds. The van der Waals surface area contributed by atoms with Gasteiger partial charge in [0.05, 0.1) is 5.56 Å². The Morgan fingerprint density at radius 3 is 2.55 bits per heavy atom. The van der Waals surface area contributed by atoms with Crippen LogP contribution in [0.5, 0.6) is 0 Å². The van der Waals surface area contributed by atoms with Crippen LogP contribution in [0.4, 0.5) is 11.4 Å². The molecule has 0 aliphatic rings. The van der Waals surface area contributed by atoms with Crippen molar-refractivity contribution in [2.24, 2.45) is 11.7 Å². The van der Waals surface area contributed by atoms with Crippen molar-refractivity contribution in [1.29, 1.82) is 0 Å². The first-order valence-electron chi connectivity index (χ1n) is 7.44. The maximum atomic E-state index is 11.3. The molecule has 0 saturated carbocycles. The minimum absolute atomic E-state index is 0.447. The van der Waals surface area contributed by atoms with Crippen LogP contribution in [-0.4, -0.2) is 12.5 Å². The molecule has 0 aliphatic carbocycles.